The average molecular weight is 312 g/mol. The highest BCUT2D eigenvalue weighted by Crippen LogP contribution is 2.24. The fraction of sp³-hybridized carbons (Fsp3) is 0.500. The zero-order valence-corrected chi connectivity index (χ0v) is 13.6. The first kappa shape index (κ1) is 15.7. The zero-order valence-electron chi connectivity index (χ0n) is 13.6. The number of aryl methyl sites for hydroxylation is 1. The number of carbonyl (C=O) groups excluding carboxylic acids is 1. The molecule has 23 heavy (non-hydrogen) atoms. The van der Waals surface area contributed by atoms with E-state index in [2.05, 4.69) is 51.7 Å². The number of hydrogen-bond donors (Lipinski definition) is 2. The number of rotatable bonds is 6. The van der Waals surface area contributed by atoms with Gasteiger partial charge in [0.25, 0.3) is 0 Å². The molecule has 0 spiro atoms. The van der Waals surface area contributed by atoms with Crippen LogP contribution in [0.4, 0.5) is 0 Å². The zero-order chi connectivity index (χ0) is 16.1. The highest BCUT2D eigenvalue weighted by atomic mass is 16.1. The van der Waals surface area contributed by atoms with Gasteiger partial charge in [-0.1, -0.05) is 42.7 Å². The van der Waals surface area contributed by atoms with Crippen molar-refractivity contribution in [1.29, 1.82) is 0 Å². The second-order valence-corrected chi connectivity index (χ2v) is 6.38. The Balaban J connectivity index is 1.45. The van der Waals surface area contributed by atoms with Crippen molar-refractivity contribution in [2.45, 2.75) is 45.4 Å². The van der Waals surface area contributed by atoms with Crippen LogP contribution in [0.3, 0.4) is 0 Å². The van der Waals surface area contributed by atoms with Crippen LogP contribution in [0.1, 0.15) is 48.5 Å². The predicted octanol–water partition coefficient (Wildman–Crippen LogP) is 2.55. The highest BCUT2D eigenvalue weighted by Gasteiger charge is 2.22. The first-order valence-electron chi connectivity index (χ1n) is 8.44. The summed E-state index contributed by atoms with van der Waals surface area (Å²) in [5.74, 6) is 2.04. The number of amides is 1. The molecule has 2 aromatic rings. The van der Waals surface area contributed by atoms with Gasteiger partial charge in [-0.3, -0.25) is 9.89 Å². The topological polar surface area (TPSA) is 70.7 Å². The van der Waals surface area contributed by atoms with Gasteiger partial charge < -0.3 is 5.32 Å². The highest BCUT2D eigenvalue weighted by molar-refractivity contribution is 5.78. The monoisotopic (exact) mass is 312 g/mol. The predicted molar refractivity (Wildman–Crippen MR) is 89.0 cm³/mol. The molecular formula is C18H24N4O. The lowest BCUT2D eigenvalue weighted by Crippen LogP contribution is -2.31. The van der Waals surface area contributed by atoms with Crippen LogP contribution in [-0.2, 0) is 17.6 Å². The molecule has 0 saturated heterocycles. The summed E-state index contributed by atoms with van der Waals surface area (Å²) in [6.45, 7) is 2.69. The maximum atomic E-state index is 11.9. The van der Waals surface area contributed by atoms with Crippen LogP contribution in [0.15, 0.2) is 24.3 Å². The van der Waals surface area contributed by atoms with E-state index in [1.807, 2.05) is 0 Å². The van der Waals surface area contributed by atoms with Crippen LogP contribution < -0.4 is 5.32 Å². The Labute approximate surface area is 136 Å². The van der Waals surface area contributed by atoms with Crippen LogP contribution >= 0.6 is 0 Å². The van der Waals surface area contributed by atoms with Crippen molar-refractivity contribution in [1.82, 2.24) is 20.5 Å². The Morgan fingerprint density at radius 3 is 2.74 bits per heavy atom. The van der Waals surface area contributed by atoms with Crippen molar-refractivity contribution in [3.63, 3.8) is 0 Å². The SMILES string of the molecule is Cc1ccc(Cc2nc(CCNC(=O)C3CCCC3)n[nH]2)cc1. The van der Waals surface area contributed by atoms with Crippen molar-refractivity contribution in [2.75, 3.05) is 6.54 Å². The minimum atomic E-state index is 0.193. The summed E-state index contributed by atoms with van der Waals surface area (Å²) in [4.78, 5) is 16.5. The van der Waals surface area contributed by atoms with E-state index in [4.69, 9.17) is 0 Å². The van der Waals surface area contributed by atoms with Crippen molar-refractivity contribution in [3.8, 4) is 0 Å². The van der Waals surface area contributed by atoms with Gasteiger partial charge in [0.1, 0.15) is 5.82 Å². The van der Waals surface area contributed by atoms with Crippen LogP contribution in [-0.4, -0.2) is 27.6 Å². The van der Waals surface area contributed by atoms with E-state index in [0.29, 0.717) is 13.0 Å². The summed E-state index contributed by atoms with van der Waals surface area (Å²) in [5.41, 5.74) is 2.47. The van der Waals surface area contributed by atoms with Gasteiger partial charge >= 0.3 is 0 Å². The lowest BCUT2D eigenvalue weighted by Gasteiger charge is -2.08. The van der Waals surface area contributed by atoms with Gasteiger partial charge in [-0.2, -0.15) is 5.10 Å². The minimum absolute atomic E-state index is 0.193. The summed E-state index contributed by atoms with van der Waals surface area (Å²) in [5, 5.41) is 10.2. The molecular weight excluding hydrogens is 288 g/mol. The fourth-order valence-corrected chi connectivity index (χ4v) is 3.05. The maximum absolute atomic E-state index is 11.9. The van der Waals surface area contributed by atoms with E-state index in [1.54, 1.807) is 0 Å². The van der Waals surface area contributed by atoms with Crippen LogP contribution in [0.2, 0.25) is 0 Å². The molecule has 1 amide bonds. The molecule has 1 heterocycles. The van der Waals surface area contributed by atoms with Gasteiger partial charge in [-0.15, -0.1) is 0 Å². The Morgan fingerprint density at radius 1 is 1.26 bits per heavy atom. The third kappa shape index (κ3) is 4.41. The summed E-state index contributed by atoms with van der Waals surface area (Å²) in [6.07, 6.45) is 5.85. The van der Waals surface area contributed by atoms with Gasteiger partial charge in [0, 0.05) is 25.3 Å². The summed E-state index contributed by atoms with van der Waals surface area (Å²) in [6, 6.07) is 8.43. The molecule has 2 N–H and O–H groups in total. The van der Waals surface area contributed by atoms with Crippen molar-refractivity contribution in [2.24, 2.45) is 5.92 Å². The Bertz CT molecular complexity index is 641. The van der Waals surface area contributed by atoms with Crippen molar-refractivity contribution >= 4 is 5.91 Å². The third-order valence-corrected chi connectivity index (χ3v) is 4.44. The quantitative estimate of drug-likeness (QED) is 0.861. The normalized spacial score (nSPS) is 15.0. The maximum Gasteiger partial charge on any atom is 0.223 e. The number of benzene rings is 1. The Hall–Kier alpha value is -2.17. The van der Waals surface area contributed by atoms with E-state index < -0.39 is 0 Å². The van der Waals surface area contributed by atoms with Crippen molar-refractivity contribution < 1.29 is 4.79 Å². The molecule has 1 aliphatic carbocycles. The molecule has 0 aliphatic heterocycles. The summed E-state index contributed by atoms with van der Waals surface area (Å²) < 4.78 is 0. The van der Waals surface area contributed by atoms with Crippen LogP contribution in [0.25, 0.3) is 0 Å². The number of carbonyl (C=O) groups is 1. The second-order valence-electron chi connectivity index (χ2n) is 6.38. The van der Waals surface area contributed by atoms with E-state index in [9.17, 15) is 4.79 Å². The van der Waals surface area contributed by atoms with E-state index in [0.717, 1.165) is 30.9 Å². The first-order valence-corrected chi connectivity index (χ1v) is 8.44. The van der Waals surface area contributed by atoms with Gasteiger partial charge in [-0.05, 0) is 25.3 Å². The molecule has 1 aliphatic rings. The first-order chi connectivity index (χ1) is 11.2. The standard InChI is InChI=1S/C18H24N4O/c1-13-6-8-14(9-7-13)12-17-20-16(21-22-17)10-11-19-18(23)15-4-2-3-5-15/h6-9,15H,2-5,10-12H2,1H3,(H,19,23)(H,20,21,22). The summed E-state index contributed by atoms with van der Waals surface area (Å²) in [7, 11) is 0. The summed E-state index contributed by atoms with van der Waals surface area (Å²) >= 11 is 0. The van der Waals surface area contributed by atoms with E-state index >= 15 is 0 Å². The Morgan fingerprint density at radius 2 is 2.00 bits per heavy atom. The molecule has 1 aromatic carbocycles. The molecule has 1 aromatic heterocycles. The fourth-order valence-electron chi connectivity index (χ4n) is 3.05. The molecule has 1 fully saturated rings. The number of aromatic amines is 1. The van der Waals surface area contributed by atoms with E-state index in [-0.39, 0.29) is 11.8 Å². The van der Waals surface area contributed by atoms with Gasteiger partial charge in [-0.25, -0.2) is 4.98 Å². The molecule has 5 heteroatoms. The van der Waals surface area contributed by atoms with Gasteiger partial charge in [0.2, 0.25) is 5.91 Å². The van der Waals surface area contributed by atoms with Crippen LogP contribution in [0, 0.1) is 12.8 Å². The number of aromatic nitrogens is 3. The molecule has 0 unspecified atom stereocenters. The van der Waals surface area contributed by atoms with Gasteiger partial charge in [0.15, 0.2) is 5.82 Å². The van der Waals surface area contributed by atoms with Gasteiger partial charge in [0.05, 0.1) is 0 Å². The third-order valence-electron chi connectivity index (χ3n) is 4.44. The largest absolute Gasteiger partial charge is 0.355 e. The number of nitrogens with zero attached hydrogens (tertiary/aromatic N) is 2. The average Bonchev–Trinajstić information content (AvgIpc) is 3.21. The molecule has 1 saturated carbocycles. The number of H-pyrrole nitrogens is 1. The molecule has 3 rings (SSSR count). The smallest absolute Gasteiger partial charge is 0.223 e. The van der Waals surface area contributed by atoms with Crippen molar-refractivity contribution in [3.05, 3.63) is 47.0 Å². The Kier molecular flexibility index (Phi) is 5.05. The molecule has 0 bridgehead atoms. The second kappa shape index (κ2) is 7.40. The number of nitrogens with one attached hydrogen (secondary N) is 2. The number of hydrogen-bond acceptors (Lipinski definition) is 3. The van der Waals surface area contributed by atoms with Crippen LogP contribution in [0.5, 0.6) is 0 Å². The minimum Gasteiger partial charge on any atom is -0.355 e. The molecule has 5 nitrogen and oxygen atoms in total. The molecule has 122 valence electrons. The molecule has 0 radical (unpaired) electrons. The molecule has 0 atom stereocenters. The van der Waals surface area contributed by atoms with E-state index in [1.165, 1.54) is 24.0 Å². The lowest BCUT2D eigenvalue weighted by molar-refractivity contribution is -0.124. The lowest BCUT2D eigenvalue weighted by atomic mass is 10.1.